The summed E-state index contributed by atoms with van der Waals surface area (Å²) in [6.07, 6.45) is -0.900. The van der Waals surface area contributed by atoms with Crippen molar-refractivity contribution < 1.29 is 27.8 Å². The van der Waals surface area contributed by atoms with Crippen LogP contribution in [0.15, 0.2) is 71.6 Å². The van der Waals surface area contributed by atoms with Crippen LogP contribution in [-0.2, 0) is 26.0 Å². The second-order valence-electron chi connectivity index (χ2n) is 13.7. The largest absolute Gasteiger partial charge is 0.483 e. The van der Waals surface area contributed by atoms with E-state index < -0.39 is 28.1 Å². The Labute approximate surface area is 306 Å². The Bertz CT molecular complexity index is 1830. The molecule has 5 rings (SSSR count). The van der Waals surface area contributed by atoms with E-state index in [1.54, 1.807) is 18.2 Å². The van der Waals surface area contributed by atoms with Crippen LogP contribution in [0.2, 0.25) is 0 Å². The Morgan fingerprint density at radius 3 is 2.43 bits per heavy atom. The molecule has 1 aromatic heterocycles. The van der Waals surface area contributed by atoms with Crippen LogP contribution in [0, 0.1) is 19.8 Å². The first-order chi connectivity index (χ1) is 24.4. The molecule has 1 aliphatic rings. The summed E-state index contributed by atoms with van der Waals surface area (Å²) in [5.41, 5.74) is 3.47. The monoisotopic (exact) mass is 737 g/mol. The Hall–Kier alpha value is -3.59. The van der Waals surface area contributed by atoms with E-state index >= 15 is 0 Å². The molecule has 0 spiro atoms. The standard InChI is InChI=1S/C38H51N5O6S2/c1-27(2)24-43(51(46,47)31-14-15-32-35(23-31)50-38(40-32)41(5)16-17-42-18-20-48-21-19-42)25-34(44)33(22-30-12-7-6-8-13-30)39-36(45)26-49-37-28(3)10-9-11-29(37)4/h6-15,23,27,33-34,44H,16-22,24-26H2,1-5H3,(H,39,45)/t33-,34+/m0/s1. The normalized spacial score (nSPS) is 15.3. The molecule has 0 unspecified atom stereocenters. The molecule has 11 nitrogen and oxygen atoms in total. The van der Waals surface area contributed by atoms with Gasteiger partial charge in [-0.2, -0.15) is 4.31 Å². The molecule has 2 N–H and O–H groups in total. The van der Waals surface area contributed by atoms with Crippen molar-refractivity contribution in [2.45, 2.75) is 51.2 Å². The summed E-state index contributed by atoms with van der Waals surface area (Å²) in [5, 5.41) is 15.4. The molecular weight excluding hydrogens is 687 g/mol. The fraction of sp³-hybridized carbons (Fsp3) is 0.474. The first kappa shape index (κ1) is 38.6. The third-order valence-corrected chi connectivity index (χ3v) is 12.0. The smallest absolute Gasteiger partial charge is 0.258 e. The van der Waals surface area contributed by atoms with Gasteiger partial charge in [0.25, 0.3) is 5.91 Å². The number of fused-ring (bicyclic) bond motifs is 1. The van der Waals surface area contributed by atoms with Crippen molar-refractivity contribution in [2.24, 2.45) is 5.92 Å². The molecule has 3 aromatic carbocycles. The lowest BCUT2D eigenvalue weighted by atomic mass is 10.0. The van der Waals surface area contributed by atoms with Gasteiger partial charge in [0.05, 0.1) is 40.5 Å². The van der Waals surface area contributed by atoms with Gasteiger partial charge in [0, 0.05) is 46.3 Å². The summed E-state index contributed by atoms with van der Waals surface area (Å²) in [7, 11) is -2.02. The molecule has 2 atom stereocenters. The average molecular weight is 738 g/mol. The SMILES string of the molecule is Cc1cccc(C)c1OCC(=O)N[C@@H](Cc1ccccc1)[C@H](O)CN(CC(C)C)S(=O)(=O)c1ccc2nc(N(C)CCN3CCOCC3)sc2c1. The molecule has 0 radical (unpaired) electrons. The summed E-state index contributed by atoms with van der Waals surface area (Å²) < 4.78 is 42.0. The highest BCUT2D eigenvalue weighted by atomic mass is 32.2. The van der Waals surface area contributed by atoms with Gasteiger partial charge < -0.3 is 24.8 Å². The second-order valence-corrected chi connectivity index (χ2v) is 16.6. The van der Waals surface area contributed by atoms with Crippen molar-refractivity contribution in [3.63, 3.8) is 0 Å². The fourth-order valence-corrected chi connectivity index (χ4v) is 8.87. The van der Waals surface area contributed by atoms with Crippen LogP contribution in [0.1, 0.15) is 30.5 Å². The maximum absolute atomic E-state index is 14.3. The van der Waals surface area contributed by atoms with Crippen LogP contribution in [0.5, 0.6) is 5.75 Å². The zero-order valence-corrected chi connectivity index (χ0v) is 31.9. The predicted octanol–water partition coefficient (Wildman–Crippen LogP) is 4.50. The number of anilines is 1. The van der Waals surface area contributed by atoms with Crippen LogP contribution >= 0.6 is 11.3 Å². The first-order valence-electron chi connectivity index (χ1n) is 17.5. The van der Waals surface area contributed by atoms with Crippen LogP contribution < -0.4 is 15.0 Å². The number of amides is 1. The fourth-order valence-electron chi connectivity index (χ4n) is 6.16. The Morgan fingerprint density at radius 1 is 1.04 bits per heavy atom. The number of nitrogens with zero attached hydrogens (tertiary/aromatic N) is 4. The van der Waals surface area contributed by atoms with E-state index in [1.807, 2.05) is 83.3 Å². The molecule has 2 heterocycles. The summed E-state index contributed by atoms with van der Waals surface area (Å²) in [5.74, 6) is 0.225. The van der Waals surface area contributed by atoms with Crippen molar-refractivity contribution in [3.05, 3.63) is 83.4 Å². The summed E-state index contributed by atoms with van der Waals surface area (Å²) in [4.78, 5) is 22.6. The van der Waals surface area contributed by atoms with E-state index in [9.17, 15) is 18.3 Å². The molecule has 1 saturated heterocycles. The molecule has 276 valence electrons. The number of aromatic nitrogens is 1. The molecule has 1 amide bonds. The number of benzene rings is 3. The van der Waals surface area contributed by atoms with Gasteiger partial charge in [0.2, 0.25) is 10.0 Å². The molecule has 13 heteroatoms. The number of morpholine rings is 1. The molecule has 0 saturated carbocycles. The third-order valence-electron chi connectivity index (χ3n) is 8.99. The Morgan fingerprint density at radius 2 is 1.75 bits per heavy atom. The van der Waals surface area contributed by atoms with Gasteiger partial charge in [0.1, 0.15) is 5.75 Å². The Kier molecular flexibility index (Phi) is 13.5. The summed E-state index contributed by atoms with van der Waals surface area (Å²) in [6.45, 7) is 12.5. The van der Waals surface area contributed by atoms with Gasteiger partial charge in [-0.05, 0) is 61.1 Å². The maximum Gasteiger partial charge on any atom is 0.258 e. The molecule has 0 aliphatic carbocycles. The quantitative estimate of drug-likeness (QED) is 0.161. The lowest BCUT2D eigenvalue weighted by molar-refractivity contribution is -0.124. The summed E-state index contributed by atoms with van der Waals surface area (Å²) >= 11 is 1.46. The van der Waals surface area contributed by atoms with Crippen molar-refractivity contribution in [3.8, 4) is 5.75 Å². The minimum absolute atomic E-state index is 0.0151. The molecule has 0 bridgehead atoms. The zero-order chi connectivity index (χ0) is 36.5. The number of ether oxygens (including phenoxy) is 2. The van der Waals surface area contributed by atoms with Gasteiger partial charge in [0.15, 0.2) is 11.7 Å². The number of likely N-dealkylation sites (N-methyl/N-ethyl adjacent to an activating group) is 1. The first-order valence-corrected chi connectivity index (χ1v) is 19.8. The van der Waals surface area contributed by atoms with E-state index in [4.69, 9.17) is 14.5 Å². The number of aryl methyl sites for hydroxylation is 2. The predicted molar refractivity (Wildman–Crippen MR) is 203 cm³/mol. The molecule has 51 heavy (non-hydrogen) atoms. The minimum Gasteiger partial charge on any atom is -0.483 e. The molecule has 1 aliphatic heterocycles. The van der Waals surface area contributed by atoms with Crippen LogP contribution in [0.25, 0.3) is 10.2 Å². The van der Waals surface area contributed by atoms with Crippen molar-refractivity contribution in [2.75, 3.05) is 71.0 Å². The number of sulfonamides is 1. The number of hydrogen-bond acceptors (Lipinski definition) is 10. The minimum atomic E-state index is -4.03. The number of aliphatic hydroxyl groups excluding tert-OH is 1. The number of aliphatic hydroxyl groups is 1. The number of nitrogens with one attached hydrogen (secondary N) is 1. The van der Waals surface area contributed by atoms with Gasteiger partial charge in [-0.3, -0.25) is 9.69 Å². The maximum atomic E-state index is 14.3. The third kappa shape index (κ3) is 10.5. The second kappa shape index (κ2) is 17.8. The highest BCUT2D eigenvalue weighted by Crippen LogP contribution is 2.31. The van der Waals surface area contributed by atoms with Gasteiger partial charge in [-0.25, -0.2) is 13.4 Å². The van der Waals surface area contributed by atoms with Crippen molar-refractivity contribution in [1.82, 2.24) is 19.5 Å². The van der Waals surface area contributed by atoms with E-state index in [-0.39, 0.29) is 30.5 Å². The lowest BCUT2D eigenvalue weighted by Crippen LogP contribution is -2.52. The van der Waals surface area contributed by atoms with Crippen molar-refractivity contribution in [1.29, 1.82) is 0 Å². The molecule has 1 fully saturated rings. The number of para-hydroxylation sites is 1. The van der Waals surface area contributed by atoms with Gasteiger partial charge in [-0.15, -0.1) is 0 Å². The lowest BCUT2D eigenvalue weighted by Gasteiger charge is -2.30. The zero-order valence-electron chi connectivity index (χ0n) is 30.2. The van der Waals surface area contributed by atoms with Crippen LogP contribution in [-0.4, -0.2) is 112 Å². The number of carbonyl (C=O) groups is 1. The topological polar surface area (TPSA) is 125 Å². The van der Waals surface area contributed by atoms with E-state index in [2.05, 4.69) is 15.1 Å². The van der Waals surface area contributed by atoms with Crippen LogP contribution in [0.3, 0.4) is 0 Å². The number of rotatable bonds is 17. The van der Waals surface area contributed by atoms with Gasteiger partial charge in [-0.1, -0.05) is 73.7 Å². The van der Waals surface area contributed by atoms with E-state index in [0.29, 0.717) is 12.2 Å². The highest BCUT2D eigenvalue weighted by molar-refractivity contribution is 7.89. The molecule has 4 aromatic rings. The average Bonchev–Trinajstić information content (AvgIpc) is 3.54. The highest BCUT2D eigenvalue weighted by Gasteiger charge is 2.32. The summed E-state index contributed by atoms with van der Waals surface area (Å²) in [6, 6.07) is 19.5. The number of thiazole rings is 1. The Balaban J connectivity index is 1.32. The van der Waals surface area contributed by atoms with E-state index in [1.165, 1.54) is 15.6 Å². The number of carbonyl (C=O) groups excluding carboxylic acids is 1. The van der Waals surface area contributed by atoms with E-state index in [0.717, 1.165) is 71.4 Å². The molecular formula is C38H51N5O6S2. The number of hydrogen-bond donors (Lipinski definition) is 2. The van der Waals surface area contributed by atoms with Crippen molar-refractivity contribution >= 4 is 42.6 Å². The van der Waals surface area contributed by atoms with Gasteiger partial charge >= 0.3 is 0 Å². The van der Waals surface area contributed by atoms with Crippen LogP contribution in [0.4, 0.5) is 5.13 Å².